The standard InChI is InChI=1S/C12H11BrFNO4S/c1-7-12(5-9(6-16)19-7)20(17,18)15-11-3-2-8(14)4-10(11)13/h2-5,15-16H,6H2,1H3. The van der Waals surface area contributed by atoms with E-state index in [0.717, 1.165) is 12.1 Å². The maximum atomic E-state index is 13.0. The number of sulfonamides is 1. The van der Waals surface area contributed by atoms with E-state index >= 15 is 0 Å². The van der Waals surface area contributed by atoms with Crippen molar-refractivity contribution >= 4 is 31.6 Å². The fraction of sp³-hybridized carbons (Fsp3) is 0.167. The predicted molar refractivity (Wildman–Crippen MR) is 74.3 cm³/mol. The quantitative estimate of drug-likeness (QED) is 0.875. The van der Waals surface area contributed by atoms with Crippen LogP contribution in [0.25, 0.3) is 0 Å². The van der Waals surface area contributed by atoms with Crippen molar-refractivity contribution in [2.24, 2.45) is 0 Å². The van der Waals surface area contributed by atoms with Gasteiger partial charge in [-0.1, -0.05) is 0 Å². The van der Waals surface area contributed by atoms with Gasteiger partial charge in [0.25, 0.3) is 10.0 Å². The van der Waals surface area contributed by atoms with Crippen LogP contribution in [0.3, 0.4) is 0 Å². The highest BCUT2D eigenvalue weighted by Gasteiger charge is 2.22. The number of aliphatic hydroxyl groups excluding tert-OH is 1. The number of benzene rings is 1. The highest BCUT2D eigenvalue weighted by atomic mass is 79.9. The van der Waals surface area contributed by atoms with E-state index < -0.39 is 22.4 Å². The number of nitrogens with one attached hydrogen (secondary N) is 1. The molecule has 0 amide bonds. The number of aliphatic hydroxyl groups is 1. The Labute approximate surface area is 123 Å². The fourth-order valence-electron chi connectivity index (χ4n) is 1.64. The molecule has 0 bridgehead atoms. The number of hydrogen-bond acceptors (Lipinski definition) is 4. The number of furan rings is 1. The molecule has 0 fully saturated rings. The molecule has 5 nitrogen and oxygen atoms in total. The summed E-state index contributed by atoms with van der Waals surface area (Å²) in [4.78, 5) is -0.0715. The van der Waals surface area contributed by atoms with Crippen molar-refractivity contribution in [2.45, 2.75) is 18.4 Å². The molecule has 8 heteroatoms. The molecule has 2 aromatic rings. The monoisotopic (exact) mass is 363 g/mol. The van der Waals surface area contributed by atoms with Gasteiger partial charge in [-0.3, -0.25) is 4.72 Å². The molecule has 0 atom stereocenters. The Hall–Kier alpha value is -1.38. The highest BCUT2D eigenvalue weighted by molar-refractivity contribution is 9.10. The Bertz CT molecular complexity index is 742. The lowest BCUT2D eigenvalue weighted by molar-refractivity contribution is 0.245. The Morgan fingerprint density at radius 3 is 2.65 bits per heavy atom. The minimum absolute atomic E-state index is 0.0715. The van der Waals surface area contributed by atoms with Crippen LogP contribution in [0.2, 0.25) is 0 Å². The Morgan fingerprint density at radius 2 is 2.10 bits per heavy atom. The molecule has 0 aliphatic rings. The summed E-state index contributed by atoms with van der Waals surface area (Å²) < 4.78 is 45.1. The fourth-order valence-corrected chi connectivity index (χ4v) is 3.51. The summed E-state index contributed by atoms with van der Waals surface area (Å²) in [6.45, 7) is 1.09. The van der Waals surface area contributed by atoms with Gasteiger partial charge in [-0.15, -0.1) is 0 Å². The summed E-state index contributed by atoms with van der Waals surface area (Å²) in [7, 11) is -3.88. The zero-order valence-corrected chi connectivity index (χ0v) is 12.8. The van der Waals surface area contributed by atoms with Crippen LogP contribution in [0.15, 0.2) is 38.1 Å². The third kappa shape index (κ3) is 3.02. The van der Waals surface area contributed by atoms with Crippen LogP contribution in [-0.2, 0) is 16.6 Å². The van der Waals surface area contributed by atoms with Crippen molar-refractivity contribution in [1.82, 2.24) is 0 Å². The summed E-state index contributed by atoms with van der Waals surface area (Å²) >= 11 is 3.08. The molecule has 2 N–H and O–H groups in total. The van der Waals surface area contributed by atoms with E-state index in [4.69, 9.17) is 9.52 Å². The molecule has 20 heavy (non-hydrogen) atoms. The Balaban J connectivity index is 2.38. The van der Waals surface area contributed by atoms with Crippen molar-refractivity contribution in [1.29, 1.82) is 0 Å². The number of hydrogen-bond donors (Lipinski definition) is 2. The lowest BCUT2D eigenvalue weighted by atomic mass is 10.3. The van der Waals surface area contributed by atoms with E-state index in [2.05, 4.69) is 20.7 Å². The lowest BCUT2D eigenvalue weighted by Crippen LogP contribution is -2.13. The van der Waals surface area contributed by atoms with Gasteiger partial charge in [0, 0.05) is 10.5 Å². The van der Waals surface area contributed by atoms with Gasteiger partial charge in [-0.25, -0.2) is 12.8 Å². The maximum Gasteiger partial charge on any atom is 0.265 e. The molecule has 2 rings (SSSR count). The molecule has 1 aromatic heterocycles. The first-order valence-corrected chi connectivity index (χ1v) is 7.79. The van der Waals surface area contributed by atoms with Crippen molar-refractivity contribution < 1.29 is 22.3 Å². The summed E-state index contributed by atoms with van der Waals surface area (Å²) in [5.74, 6) is -0.164. The summed E-state index contributed by atoms with van der Waals surface area (Å²) in [6.07, 6.45) is 0. The number of aryl methyl sites for hydroxylation is 1. The average molecular weight is 364 g/mol. The van der Waals surface area contributed by atoms with Crippen LogP contribution < -0.4 is 4.72 Å². The zero-order chi connectivity index (χ0) is 14.9. The van der Waals surface area contributed by atoms with Crippen LogP contribution in [-0.4, -0.2) is 13.5 Å². The second-order valence-electron chi connectivity index (χ2n) is 4.02. The third-order valence-corrected chi connectivity index (χ3v) is 4.67. The van der Waals surface area contributed by atoms with Gasteiger partial charge in [0.2, 0.25) is 0 Å². The lowest BCUT2D eigenvalue weighted by Gasteiger charge is -2.08. The Kier molecular flexibility index (Phi) is 4.17. The minimum atomic E-state index is -3.88. The molecule has 1 aromatic carbocycles. The van der Waals surface area contributed by atoms with Crippen LogP contribution >= 0.6 is 15.9 Å². The first kappa shape index (κ1) is 15.0. The van der Waals surface area contributed by atoms with Gasteiger partial charge in [0.15, 0.2) is 0 Å². The van der Waals surface area contributed by atoms with Crippen LogP contribution in [0.5, 0.6) is 0 Å². The minimum Gasteiger partial charge on any atom is -0.462 e. The second-order valence-corrected chi connectivity index (χ2v) is 6.53. The van der Waals surface area contributed by atoms with Gasteiger partial charge in [-0.2, -0.15) is 0 Å². The maximum absolute atomic E-state index is 13.0. The van der Waals surface area contributed by atoms with E-state index in [1.54, 1.807) is 0 Å². The zero-order valence-electron chi connectivity index (χ0n) is 10.4. The molecule has 0 saturated heterocycles. The molecular weight excluding hydrogens is 353 g/mol. The summed E-state index contributed by atoms with van der Waals surface area (Å²) in [5, 5.41) is 8.95. The van der Waals surface area contributed by atoms with Crippen molar-refractivity contribution in [2.75, 3.05) is 4.72 Å². The predicted octanol–water partition coefficient (Wildman–Crippen LogP) is 2.78. The second kappa shape index (κ2) is 5.55. The van der Waals surface area contributed by atoms with E-state index in [9.17, 15) is 12.8 Å². The van der Waals surface area contributed by atoms with Gasteiger partial charge in [0.05, 0.1) is 5.69 Å². The molecule has 0 saturated carbocycles. The van der Waals surface area contributed by atoms with Crippen molar-refractivity contribution in [3.63, 3.8) is 0 Å². The number of anilines is 1. The normalized spacial score (nSPS) is 11.6. The van der Waals surface area contributed by atoms with E-state index in [0.29, 0.717) is 0 Å². The summed E-state index contributed by atoms with van der Waals surface area (Å²) in [6, 6.07) is 4.84. The van der Waals surface area contributed by atoms with Crippen LogP contribution in [0, 0.1) is 12.7 Å². The van der Waals surface area contributed by atoms with Gasteiger partial charge >= 0.3 is 0 Å². The molecule has 0 spiro atoms. The van der Waals surface area contributed by atoms with E-state index in [-0.39, 0.29) is 26.6 Å². The summed E-state index contributed by atoms with van der Waals surface area (Å²) in [5.41, 5.74) is 0.206. The molecule has 0 unspecified atom stereocenters. The molecule has 108 valence electrons. The molecular formula is C12H11BrFNO4S. The van der Waals surface area contributed by atoms with Crippen LogP contribution in [0.1, 0.15) is 11.5 Å². The largest absolute Gasteiger partial charge is 0.462 e. The molecule has 0 radical (unpaired) electrons. The average Bonchev–Trinajstić information content (AvgIpc) is 2.75. The SMILES string of the molecule is Cc1oc(CO)cc1S(=O)(=O)Nc1ccc(F)cc1Br. The highest BCUT2D eigenvalue weighted by Crippen LogP contribution is 2.27. The van der Waals surface area contributed by atoms with Crippen molar-refractivity contribution in [3.05, 3.63) is 46.1 Å². The van der Waals surface area contributed by atoms with Gasteiger partial charge < -0.3 is 9.52 Å². The topological polar surface area (TPSA) is 79.5 Å². The number of rotatable bonds is 4. The molecule has 1 heterocycles. The third-order valence-electron chi connectivity index (χ3n) is 2.54. The first-order valence-electron chi connectivity index (χ1n) is 5.51. The first-order chi connectivity index (χ1) is 9.33. The van der Waals surface area contributed by atoms with Gasteiger partial charge in [0.1, 0.15) is 28.8 Å². The Morgan fingerprint density at radius 1 is 1.40 bits per heavy atom. The number of halogens is 2. The van der Waals surface area contributed by atoms with Crippen LogP contribution in [0.4, 0.5) is 10.1 Å². The van der Waals surface area contributed by atoms with E-state index in [1.807, 2.05) is 0 Å². The smallest absolute Gasteiger partial charge is 0.265 e. The molecule has 0 aliphatic heterocycles. The molecule has 0 aliphatic carbocycles. The van der Waals surface area contributed by atoms with E-state index in [1.165, 1.54) is 19.1 Å². The van der Waals surface area contributed by atoms with Crippen molar-refractivity contribution in [3.8, 4) is 0 Å². The van der Waals surface area contributed by atoms with Gasteiger partial charge in [-0.05, 0) is 41.1 Å².